The molecule has 0 saturated carbocycles. The highest BCUT2D eigenvalue weighted by Gasteiger charge is 2.28. The summed E-state index contributed by atoms with van der Waals surface area (Å²) in [4.78, 5) is 16.1. The van der Waals surface area contributed by atoms with Crippen molar-refractivity contribution in [3.8, 4) is 5.75 Å². The van der Waals surface area contributed by atoms with Crippen molar-refractivity contribution in [1.29, 1.82) is 0 Å². The molecular weight excluding hydrogens is 360 g/mol. The molecule has 10 heteroatoms. The minimum Gasteiger partial charge on any atom is -0.494 e. The number of aromatic nitrogens is 2. The molecule has 1 amide bonds. The first-order valence-electron chi connectivity index (χ1n) is 8.16. The third kappa shape index (κ3) is 3.96. The minimum atomic E-state index is -3.34. The predicted molar refractivity (Wildman–Crippen MR) is 94.7 cm³/mol. The van der Waals surface area contributed by atoms with E-state index in [0.717, 1.165) is 6.42 Å². The van der Waals surface area contributed by atoms with E-state index in [1.54, 1.807) is 25.1 Å². The molecule has 1 aliphatic heterocycles. The lowest BCUT2D eigenvalue weighted by Gasteiger charge is -2.29. The Bertz CT molecular complexity index is 909. The summed E-state index contributed by atoms with van der Waals surface area (Å²) >= 11 is 0. The molecule has 2 aromatic rings. The van der Waals surface area contributed by atoms with Crippen LogP contribution in [0.1, 0.15) is 24.6 Å². The van der Waals surface area contributed by atoms with Gasteiger partial charge in [-0.05, 0) is 25.0 Å². The summed E-state index contributed by atoms with van der Waals surface area (Å²) in [5.41, 5.74) is 0.962. The Hall–Kier alpha value is -2.62. The Morgan fingerprint density at radius 1 is 1.38 bits per heavy atom. The summed E-state index contributed by atoms with van der Waals surface area (Å²) in [6.45, 7) is 2.06. The molecule has 1 N–H and O–H groups in total. The van der Waals surface area contributed by atoms with Crippen LogP contribution in [0.25, 0.3) is 0 Å². The zero-order valence-corrected chi connectivity index (χ0v) is 15.4. The third-order valence-electron chi connectivity index (χ3n) is 3.97. The van der Waals surface area contributed by atoms with E-state index in [2.05, 4.69) is 15.5 Å². The molecule has 140 valence electrons. The van der Waals surface area contributed by atoms with Crippen LogP contribution < -0.4 is 14.4 Å². The number of methoxy groups -OCH3 is 1. The van der Waals surface area contributed by atoms with Crippen molar-refractivity contribution >= 4 is 27.3 Å². The summed E-state index contributed by atoms with van der Waals surface area (Å²) in [7, 11) is -1.88. The normalized spacial score (nSPS) is 16.3. The number of benzene rings is 1. The SMILES string of the molecule is COc1cc(NC(=O)Cc2noc(C)n2)ccc1N1CCCCS1(=O)=O. The summed E-state index contributed by atoms with van der Waals surface area (Å²) in [5, 5.41) is 6.39. The van der Waals surface area contributed by atoms with Gasteiger partial charge in [-0.25, -0.2) is 8.42 Å². The second-order valence-corrected chi connectivity index (χ2v) is 7.95. The predicted octanol–water partition coefficient (Wildman–Crippen LogP) is 1.50. The summed E-state index contributed by atoms with van der Waals surface area (Å²) in [6.07, 6.45) is 1.43. The summed E-state index contributed by atoms with van der Waals surface area (Å²) in [5.74, 6) is 0.873. The van der Waals surface area contributed by atoms with E-state index in [1.807, 2.05) is 0 Å². The number of anilines is 2. The van der Waals surface area contributed by atoms with Crippen LogP contribution in [0.2, 0.25) is 0 Å². The zero-order valence-electron chi connectivity index (χ0n) is 14.6. The van der Waals surface area contributed by atoms with Gasteiger partial charge in [-0.15, -0.1) is 0 Å². The second kappa shape index (κ2) is 7.32. The van der Waals surface area contributed by atoms with E-state index in [4.69, 9.17) is 9.26 Å². The molecule has 1 aliphatic rings. The lowest BCUT2D eigenvalue weighted by Crippen LogP contribution is -2.38. The molecule has 0 bridgehead atoms. The number of nitrogens with one attached hydrogen (secondary N) is 1. The lowest BCUT2D eigenvalue weighted by atomic mass is 10.2. The van der Waals surface area contributed by atoms with Crippen LogP contribution in [0, 0.1) is 6.92 Å². The molecule has 1 aromatic carbocycles. The van der Waals surface area contributed by atoms with Crippen molar-refractivity contribution < 1.29 is 22.5 Å². The van der Waals surface area contributed by atoms with E-state index in [9.17, 15) is 13.2 Å². The summed E-state index contributed by atoms with van der Waals surface area (Å²) in [6, 6.07) is 4.87. The number of hydrogen-bond acceptors (Lipinski definition) is 7. The fourth-order valence-electron chi connectivity index (χ4n) is 2.78. The lowest BCUT2D eigenvalue weighted by molar-refractivity contribution is -0.115. The first-order valence-corrected chi connectivity index (χ1v) is 9.77. The van der Waals surface area contributed by atoms with E-state index in [1.165, 1.54) is 11.4 Å². The Balaban J connectivity index is 1.77. The van der Waals surface area contributed by atoms with Crippen molar-refractivity contribution in [2.24, 2.45) is 0 Å². The zero-order chi connectivity index (χ0) is 18.7. The van der Waals surface area contributed by atoms with Crippen LogP contribution in [0.4, 0.5) is 11.4 Å². The Kier molecular flexibility index (Phi) is 5.12. The van der Waals surface area contributed by atoms with Gasteiger partial charge in [-0.3, -0.25) is 9.10 Å². The third-order valence-corrected chi connectivity index (χ3v) is 5.83. The number of amides is 1. The number of carbonyl (C=O) groups excluding carboxylic acids is 1. The first kappa shape index (κ1) is 18.2. The quantitative estimate of drug-likeness (QED) is 0.836. The molecule has 0 spiro atoms. The highest BCUT2D eigenvalue weighted by Crippen LogP contribution is 2.34. The van der Waals surface area contributed by atoms with Gasteiger partial charge in [0, 0.05) is 25.2 Å². The van der Waals surface area contributed by atoms with Gasteiger partial charge in [0.05, 0.1) is 25.0 Å². The number of rotatable bonds is 5. The molecule has 0 aliphatic carbocycles. The van der Waals surface area contributed by atoms with Crippen molar-refractivity contribution in [1.82, 2.24) is 10.1 Å². The molecule has 1 saturated heterocycles. The highest BCUT2D eigenvalue weighted by molar-refractivity contribution is 7.92. The van der Waals surface area contributed by atoms with Crippen molar-refractivity contribution in [2.75, 3.05) is 29.0 Å². The van der Waals surface area contributed by atoms with Crippen LogP contribution in [-0.2, 0) is 21.2 Å². The van der Waals surface area contributed by atoms with E-state index < -0.39 is 10.0 Å². The number of sulfonamides is 1. The standard InChI is InChI=1S/C16H20N4O5S/c1-11-17-15(19-25-11)10-16(21)18-12-5-6-13(14(9-12)24-2)20-7-3-4-8-26(20,22)23/h5-6,9H,3-4,7-8,10H2,1-2H3,(H,18,21). The average Bonchev–Trinajstić information content (AvgIpc) is 2.99. The van der Waals surface area contributed by atoms with E-state index in [-0.39, 0.29) is 18.1 Å². The van der Waals surface area contributed by atoms with E-state index in [0.29, 0.717) is 41.8 Å². The van der Waals surface area contributed by atoms with Gasteiger partial charge in [0.15, 0.2) is 5.82 Å². The molecule has 9 nitrogen and oxygen atoms in total. The van der Waals surface area contributed by atoms with Crippen LogP contribution in [-0.4, -0.2) is 43.9 Å². The fourth-order valence-corrected chi connectivity index (χ4v) is 4.43. The number of hydrogen-bond donors (Lipinski definition) is 1. The molecular formula is C16H20N4O5S. The Morgan fingerprint density at radius 3 is 2.85 bits per heavy atom. The molecule has 1 fully saturated rings. The number of nitrogens with zero attached hydrogens (tertiary/aromatic N) is 3. The second-order valence-electron chi connectivity index (χ2n) is 5.94. The van der Waals surface area contributed by atoms with Gasteiger partial charge in [0.2, 0.25) is 21.8 Å². The first-order chi connectivity index (χ1) is 12.4. The smallest absolute Gasteiger partial charge is 0.235 e. The Labute approximate surface area is 151 Å². The molecule has 1 aromatic heterocycles. The summed E-state index contributed by atoms with van der Waals surface area (Å²) < 4.78 is 36.1. The van der Waals surface area contributed by atoms with Gasteiger partial charge >= 0.3 is 0 Å². The van der Waals surface area contributed by atoms with Gasteiger partial charge in [0.25, 0.3) is 0 Å². The minimum absolute atomic E-state index is 0.0259. The van der Waals surface area contributed by atoms with Gasteiger partial charge in [0.1, 0.15) is 5.75 Å². The van der Waals surface area contributed by atoms with Gasteiger partial charge in [-0.2, -0.15) is 4.98 Å². The number of ether oxygens (including phenoxy) is 1. The van der Waals surface area contributed by atoms with Crippen molar-refractivity contribution in [3.63, 3.8) is 0 Å². The van der Waals surface area contributed by atoms with Crippen LogP contribution >= 0.6 is 0 Å². The molecule has 26 heavy (non-hydrogen) atoms. The molecule has 0 radical (unpaired) electrons. The fraction of sp³-hybridized carbons (Fsp3) is 0.438. The van der Waals surface area contributed by atoms with Crippen LogP contribution in [0.3, 0.4) is 0 Å². The van der Waals surface area contributed by atoms with Crippen molar-refractivity contribution in [2.45, 2.75) is 26.2 Å². The van der Waals surface area contributed by atoms with Gasteiger partial charge < -0.3 is 14.6 Å². The molecule has 3 rings (SSSR count). The number of carbonyl (C=O) groups is 1. The topological polar surface area (TPSA) is 115 Å². The van der Waals surface area contributed by atoms with E-state index >= 15 is 0 Å². The van der Waals surface area contributed by atoms with Crippen LogP contribution in [0.5, 0.6) is 5.75 Å². The highest BCUT2D eigenvalue weighted by atomic mass is 32.2. The maximum absolute atomic E-state index is 12.3. The van der Waals surface area contributed by atoms with Crippen LogP contribution in [0.15, 0.2) is 22.7 Å². The maximum atomic E-state index is 12.3. The largest absolute Gasteiger partial charge is 0.494 e. The Morgan fingerprint density at radius 2 is 2.19 bits per heavy atom. The molecule has 0 unspecified atom stereocenters. The monoisotopic (exact) mass is 380 g/mol. The average molecular weight is 380 g/mol. The molecule has 2 heterocycles. The molecule has 0 atom stereocenters. The van der Waals surface area contributed by atoms with Crippen molar-refractivity contribution in [3.05, 3.63) is 29.9 Å². The number of aryl methyl sites for hydroxylation is 1. The van der Waals surface area contributed by atoms with Gasteiger partial charge in [-0.1, -0.05) is 5.16 Å². The maximum Gasteiger partial charge on any atom is 0.235 e.